The Bertz CT molecular complexity index is 141. The minimum Gasteiger partial charge on any atom is -0.494 e. The molecular weight excluding hydrogens is 216 g/mol. The number of unbranched alkanes of at least 4 members (excludes halogenated alkanes) is 2. The molecule has 0 radical (unpaired) electrons. The molecule has 0 N–H and O–H groups in total. The summed E-state index contributed by atoms with van der Waals surface area (Å²) in [6, 6.07) is 0. The number of alkyl halides is 1. The molecule has 0 atom stereocenters. The van der Waals surface area contributed by atoms with Crippen molar-refractivity contribution in [2.45, 2.75) is 26.2 Å². The van der Waals surface area contributed by atoms with Crippen LogP contribution in [-0.2, 0) is 4.74 Å². The maximum Gasteiger partial charge on any atom is 0.114 e. The SMILES string of the molecule is C=C/C(=C\C)OCCCCCBr. The maximum absolute atomic E-state index is 5.41. The summed E-state index contributed by atoms with van der Waals surface area (Å²) in [5, 5.41) is 1.09. The summed E-state index contributed by atoms with van der Waals surface area (Å²) < 4.78 is 5.41. The standard InChI is InChI=1S/C10H17BrO/c1-3-10(4-2)12-9-7-5-6-8-11/h3-4H,1,5-9H2,2H3/b10-4+. The third-order valence-electron chi connectivity index (χ3n) is 1.53. The first-order valence-corrected chi connectivity index (χ1v) is 5.44. The quantitative estimate of drug-likeness (QED) is 0.282. The Balaban J connectivity index is 3.24. The van der Waals surface area contributed by atoms with Crippen molar-refractivity contribution in [2.24, 2.45) is 0 Å². The Hall–Kier alpha value is -0.240. The molecule has 0 fully saturated rings. The number of ether oxygens (including phenoxy) is 1. The van der Waals surface area contributed by atoms with Gasteiger partial charge in [0.1, 0.15) is 5.76 Å². The summed E-state index contributed by atoms with van der Waals surface area (Å²) in [6.07, 6.45) is 7.24. The van der Waals surface area contributed by atoms with E-state index in [1.165, 1.54) is 12.8 Å². The molecule has 0 aromatic carbocycles. The largest absolute Gasteiger partial charge is 0.494 e. The predicted octanol–water partition coefficient (Wildman–Crippen LogP) is 3.66. The Morgan fingerprint density at radius 2 is 2.17 bits per heavy atom. The van der Waals surface area contributed by atoms with Crippen molar-refractivity contribution < 1.29 is 4.74 Å². The van der Waals surface area contributed by atoms with Crippen molar-refractivity contribution in [3.8, 4) is 0 Å². The van der Waals surface area contributed by atoms with E-state index in [2.05, 4.69) is 22.5 Å². The monoisotopic (exact) mass is 232 g/mol. The summed E-state index contributed by atoms with van der Waals surface area (Å²) in [6.45, 7) is 6.40. The molecule has 70 valence electrons. The fraction of sp³-hybridized carbons (Fsp3) is 0.600. The molecule has 1 nitrogen and oxygen atoms in total. The molecule has 0 saturated carbocycles. The molecule has 0 aromatic heterocycles. The second kappa shape index (κ2) is 8.85. The first-order valence-electron chi connectivity index (χ1n) is 4.32. The van der Waals surface area contributed by atoms with Gasteiger partial charge in [0.2, 0.25) is 0 Å². The van der Waals surface area contributed by atoms with Crippen LogP contribution in [0.25, 0.3) is 0 Å². The second-order valence-electron chi connectivity index (χ2n) is 2.49. The van der Waals surface area contributed by atoms with Crippen LogP contribution >= 0.6 is 15.9 Å². The molecule has 2 heteroatoms. The lowest BCUT2D eigenvalue weighted by Gasteiger charge is -2.04. The highest BCUT2D eigenvalue weighted by atomic mass is 79.9. The number of rotatable bonds is 7. The fourth-order valence-corrected chi connectivity index (χ4v) is 1.22. The van der Waals surface area contributed by atoms with Crippen LogP contribution in [0.3, 0.4) is 0 Å². The van der Waals surface area contributed by atoms with Crippen molar-refractivity contribution in [3.63, 3.8) is 0 Å². The molecule has 0 spiro atoms. The number of allylic oxidation sites excluding steroid dienone is 2. The van der Waals surface area contributed by atoms with Gasteiger partial charge in [0.25, 0.3) is 0 Å². The van der Waals surface area contributed by atoms with Crippen LogP contribution in [0.15, 0.2) is 24.5 Å². The van der Waals surface area contributed by atoms with Gasteiger partial charge in [0.15, 0.2) is 0 Å². The zero-order chi connectivity index (χ0) is 9.23. The Morgan fingerprint density at radius 1 is 1.42 bits per heavy atom. The Morgan fingerprint density at radius 3 is 2.67 bits per heavy atom. The molecule has 0 aliphatic heterocycles. The molecule has 0 aromatic rings. The van der Waals surface area contributed by atoms with Crippen molar-refractivity contribution in [3.05, 3.63) is 24.5 Å². The van der Waals surface area contributed by atoms with Crippen LogP contribution in [0.2, 0.25) is 0 Å². The van der Waals surface area contributed by atoms with E-state index in [4.69, 9.17) is 4.74 Å². The van der Waals surface area contributed by atoms with Gasteiger partial charge in [0, 0.05) is 5.33 Å². The van der Waals surface area contributed by atoms with Gasteiger partial charge >= 0.3 is 0 Å². The minimum absolute atomic E-state index is 0.804. The van der Waals surface area contributed by atoms with Crippen LogP contribution in [0.4, 0.5) is 0 Å². The highest BCUT2D eigenvalue weighted by Gasteiger charge is 1.90. The number of halogens is 1. The Kier molecular flexibility index (Phi) is 8.68. The summed E-state index contributed by atoms with van der Waals surface area (Å²) >= 11 is 3.39. The van der Waals surface area contributed by atoms with Crippen LogP contribution in [0, 0.1) is 0 Å². The van der Waals surface area contributed by atoms with E-state index in [9.17, 15) is 0 Å². The number of hydrogen-bond acceptors (Lipinski definition) is 1. The highest BCUT2D eigenvalue weighted by Crippen LogP contribution is 2.03. The summed E-state index contributed by atoms with van der Waals surface area (Å²) in [5.74, 6) is 0.883. The molecular formula is C10H17BrO. The van der Waals surface area contributed by atoms with Gasteiger partial charge in [0.05, 0.1) is 6.61 Å². The lowest BCUT2D eigenvalue weighted by Crippen LogP contribution is -1.92. The van der Waals surface area contributed by atoms with Crippen LogP contribution in [0.5, 0.6) is 0 Å². The average Bonchev–Trinajstić information content (AvgIpc) is 2.11. The van der Waals surface area contributed by atoms with Crippen LogP contribution in [0.1, 0.15) is 26.2 Å². The van der Waals surface area contributed by atoms with Gasteiger partial charge in [-0.15, -0.1) is 0 Å². The van der Waals surface area contributed by atoms with Gasteiger partial charge in [-0.3, -0.25) is 0 Å². The molecule has 0 rings (SSSR count). The minimum atomic E-state index is 0.804. The average molecular weight is 233 g/mol. The fourth-order valence-electron chi connectivity index (χ4n) is 0.823. The molecule has 0 amide bonds. The summed E-state index contributed by atoms with van der Waals surface area (Å²) in [4.78, 5) is 0. The van der Waals surface area contributed by atoms with Crippen molar-refractivity contribution in [2.75, 3.05) is 11.9 Å². The first-order chi connectivity index (χ1) is 5.85. The maximum atomic E-state index is 5.41. The van der Waals surface area contributed by atoms with Gasteiger partial charge < -0.3 is 4.74 Å². The van der Waals surface area contributed by atoms with E-state index in [0.29, 0.717) is 0 Å². The number of hydrogen-bond donors (Lipinski definition) is 0. The predicted molar refractivity (Wildman–Crippen MR) is 57.6 cm³/mol. The third kappa shape index (κ3) is 6.47. The summed E-state index contributed by atoms with van der Waals surface area (Å²) in [7, 11) is 0. The molecule has 0 bridgehead atoms. The van der Waals surface area contributed by atoms with E-state index in [1.54, 1.807) is 6.08 Å². The topological polar surface area (TPSA) is 9.23 Å². The second-order valence-corrected chi connectivity index (χ2v) is 3.29. The molecule has 0 saturated heterocycles. The third-order valence-corrected chi connectivity index (χ3v) is 2.09. The molecule has 0 heterocycles. The van der Waals surface area contributed by atoms with E-state index >= 15 is 0 Å². The van der Waals surface area contributed by atoms with Gasteiger partial charge in [-0.25, -0.2) is 0 Å². The van der Waals surface area contributed by atoms with Crippen LogP contribution in [-0.4, -0.2) is 11.9 Å². The summed E-state index contributed by atoms with van der Waals surface area (Å²) in [5.41, 5.74) is 0. The lowest BCUT2D eigenvalue weighted by molar-refractivity contribution is 0.217. The highest BCUT2D eigenvalue weighted by molar-refractivity contribution is 9.09. The van der Waals surface area contributed by atoms with E-state index in [-0.39, 0.29) is 0 Å². The van der Waals surface area contributed by atoms with Crippen molar-refractivity contribution in [1.82, 2.24) is 0 Å². The molecule has 0 unspecified atom stereocenters. The molecule has 0 aliphatic carbocycles. The smallest absolute Gasteiger partial charge is 0.114 e. The first kappa shape index (κ1) is 11.8. The zero-order valence-corrected chi connectivity index (χ0v) is 9.27. The lowest BCUT2D eigenvalue weighted by atomic mass is 10.3. The molecule has 12 heavy (non-hydrogen) atoms. The van der Waals surface area contributed by atoms with Gasteiger partial charge in [-0.1, -0.05) is 22.5 Å². The van der Waals surface area contributed by atoms with Crippen molar-refractivity contribution in [1.29, 1.82) is 0 Å². The Labute approximate surface area is 83.6 Å². The van der Waals surface area contributed by atoms with Crippen LogP contribution < -0.4 is 0 Å². The van der Waals surface area contributed by atoms with E-state index in [0.717, 1.165) is 24.1 Å². The zero-order valence-electron chi connectivity index (χ0n) is 7.68. The molecule has 0 aliphatic rings. The van der Waals surface area contributed by atoms with E-state index < -0.39 is 0 Å². The van der Waals surface area contributed by atoms with Gasteiger partial charge in [-0.05, 0) is 38.3 Å². The normalized spacial score (nSPS) is 11.3. The van der Waals surface area contributed by atoms with Crippen molar-refractivity contribution >= 4 is 15.9 Å². The van der Waals surface area contributed by atoms with Gasteiger partial charge in [-0.2, -0.15) is 0 Å². The van der Waals surface area contributed by atoms with E-state index in [1.807, 2.05) is 13.0 Å².